The summed E-state index contributed by atoms with van der Waals surface area (Å²) in [5, 5.41) is 3.31. The van der Waals surface area contributed by atoms with Gasteiger partial charge >= 0.3 is 0 Å². The van der Waals surface area contributed by atoms with Gasteiger partial charge in [-0.05, 0) is 40.6 Å². The Labute approximate surface area is 107 Å². The first kappa shape index (κ1) is 12.0. The lowest BCUT2D eigenvalue weighted by molar-refractivity contribution is 0.620. The summed E-state index contributed by atoms with van der Waals surface area (Å²) in [4.78, 5) is 0. The zero-order chi connectivity index (χ0) is 11.5. The van der Waals surface area contributed by atoms with Crippen molar-refractivity contribution in [3.05, 3.63) is 22.4 Å². The van der Waals surface area contributed by atoms with Gasteiger partial charge in [0.15, 0.2) is 0 Å². The average Bonchev–Trinajstić information content (AvgIpc) is 2.27. The fraction of sp³-hybridized carbons (Fsp3) is 0.455. The second-order valence-corrected chi connectivity index (χ2v) is 5.92. The number of rotatable bonds is 2. The largest absolute Gasteiger partial charge is 0.397 e. The maximum atomic E-state index is 13.4. The van der Waals surface area contributed by atoms with Crippen molar-refractivity contribution in [2.45, 2.75) is 18.9 Å². The van der Waals surface area contributed by atoms with Crippen LogP contribution >= 0.6 is 27.7 Å². The zero-order valence-electron chi connectivity index (χ0n) is 8.80. The molecular formula is C11H14BrFN2S. The number of nitrogen functional groups attached to an aromatic ring is 1. The first-order valence-electron chi connectivity index (χ1n) is 5.25. The topological polar surface area (TPSA) is 38.0 Å². The Morgan fingerprint density at radius 3 is 3.00 bits per heavy atom. The van der Waals surface area contributed by atoms with Crippen LogP contribution in [0.1, 0.15) is 12.8 Å². The molecule has 2 rings (SSSR count). The Morgan fingerprint density at radius 1 is 1.50 bits per heavy atom. The van der Waals surface area contributed by atoms with Crippen LogP contribution in [0.25, 0.3) is 0 Å². The lowest BCUT2D eigenvalue weighted by Gasteiger charge is -2.24. The molecule has 2 nitrogen and oxygen atoms in total. The van der Waals surface area contributed by atoms with Crippen LogP contribution in [-0.4, -0.2) is 17.5 Å². The molecule has 16 heavy (non-hydrogen) atoms. The van der Waals surface area contributed by atoms with Crippen molar-refractivity contribution in [1.82, 2.24) is 0 Å². The molecule has 5 heteroatoms. The average molecular weight is 305 g/mol. The molecule has 3 N–H and O–H groups in total. The minimum atomic E-state index is -0.278. The summed E-state index contributed by atoms with van der Waals surface area (Å²) < 4.78 is 13.8. The summed E-state index contributed by atoms with van der Waals surface area (Å²) >= 11 is 5.05. The van der Waals surface area contributed by atoms with Crippen molar-refractivity contribution in [3.8, 4) is 0 Å². The van der Waals surface area contributed by atoms with Gasteiger partial charge < -0.3 is 11.1 Å². The van der Waals surface area contributed by atoms with E-state index in [1.807, 2.05) is 11.8 Å². The highest BCUT2D eigenvalue weighted by Gasteiger charge is 2.15. The molecule has 1 unspecified atom stereocenters. The molecule has 0 radical (unpaired) electrons. The zero-order valence-corrected chi connectivity index (χ0v) is 11.2. The second-order valence-electron chi connectivity index (χ2n) is 3.91. The Kier molecular flexibility index (Phi) is 3.97. The van der Waals surface area contributed by atoms with E-state index in [9.17, 15) is 4.39 Å². The molecule has 0 bridgehead atoms. The summed E-state index contributed by atoms with van der Waals surface area (Å²) in [6.07, 6.45) is 2.34. The highest BCUT2D eigenvalue weighted by Crippen LogP contribution is 2.29. The fourth-order valence-electron chi connectivity index (χ4n) is 1.76. The van der Waals surface area contributed by atoms with Gasteiger partial charge in [-0.15, -0.1) is 0 Å². The molecule has 1 heterocycles. The van der Waals surface area contributed by atoms with Crippen LogP contribution in [0.2, 0.25) is 0 Å². The maximum absolute atomic E-state index is 13.4. The van der Waals surface area contributed by atoms with Crippen LogP contribution < -0.4 is 11.1 Å². The SMILES string of the molecule is Nc1cc(Br)c(F)cc1NC1CCCSC1. The van der Waals surface area contributed by atoms with Crippen LogP contribution in [-0.2, 0) is 0 Å². The number of benzene rings is 1. The molecule has 88 valence electrons. The fourth-order valence-corrected chi connectivity index (χ4v) is 3.19. The first-order valence-corrected chi connectivity index (χ1v) is 7.20. The van der Waals surface area contributed by atoms with Crippen molar-refractivity contribution < 1.29 is 4.39 Å². The molecule has 1 atom stereocenters. The lowest BCUT2D eigenvalue weighted by Crippen LogP contribution is -2.26. The molecule has 1 aliphatic heterocycles. The van der Waals surface area contributed by atoms with Crippen LogP contribution in [0.5, 0.6) is 0 Å². The van der Waals surface area contributed by atoms with Crippen LogP contribution in [0.4, 0.5) is 15.8 Å². The van der Waals surface area contributed by atoms with E-state index in [4.69, 9.17) is 5.73 Å². The van der Waals surface area contributed by atoms with Crippen molar-refractivity contribution >= 4 is 39.1 Å². The number of halogens is 2. The third-order valence-electron chi connectivity index (χ3n) is 2.61. The van der Waals surface area contributed by atoms with Gasteiger partial charge in [-0.3, -0.25) is 0 Å². The third-order valence-corrected chi connectivity index (χ3v) is 4.44. The van der Waals surface area contributed by atoms with Gasteiger partial charge in [-0.25, -0.2) is 4.39 Å². The van der Waals surface area contributed by atoms with Crippen LogP contribution in [0, 0.1) is 5.82 Å². The van der Waals surface area contributed by atoms with E-state index in [0.29, 0.717) is 21.9 Å². The highest BCUT2D eigenvalue weighted by atomic mass is 79.9. The van der Waals surface area contributed by atoms with Gasteiger partial charge in [0.1, 0.15) is 5.82 Å². The normalized spacial score (nSPS) is 20.8. The number of hydrogen-bond acceptors (Lipinski definition) is 3. The van der Waals surface area contributed by atoms with Crippen molar-refractivity contribution in [2.75, 3.05) is 22.6 Å². The summed E-state index contributed by atoms with van der Waals surface area (Å²) in [5.41, 5.74) is 7.13. The number of hydrogen-bond donors (Lipinski definition) is 2. The third kappa shape index (κ3) is 2.83. The quantitative estimate of drug-likeness (QED) is 0.822. The Balaban J connectivity index is 2.11. The summed E-state index contributed by atoms with van der Waals surface area (Å²) in [7, 11) is 0. The number of nitrogens with two attached hydrogens (primary N) is 1. The highest BCUT2D eigenvalue weighted by molar-refractivity contribution is 9.10. The second kappa shape index (κ2) is 5.27. The predicted octanol–water partition coefficient (Wildman–Crippen LogP) is 3.48. The molecule has 0 spiro atoms. The predicted molar refractivity (Wildman–Crippen MR) is 72.5 cm³/mol. The van der Waals surface area contributed by atoms with Crippen molar-refractivity contribution in [1.29, 1.82) is 0 Å². The first-order chi connectivity index (χ1) is 7.66. The van der Waals surface area contributed by atoms with Crippen LogP contribution in [0.3, 0.4) is 0 Å². The summed E-state index contributed by atoms with van der Waals surface area (Å²) in [5.74, 6) is 2.01. The van der Waals surface area contributed by atoms with E-state index in [2.05, 4.69) is 21.2 Å². The van der Waals surface area contributed by atoms with Gasteiger partial charge in [0.25, 0.3) is 0 Å². The van der Waals surface area contributed by atoms with Gasteiger partial charge in [0.2, 0.25) is 0 Å². The monoisotopic (exact) mass is 304 g/mol. The molecular weight excluding hydrogens is 291 g/mol. The molecule has 1 aromatic rings. The van der Waals surface area contributed by atoms with E-state index in [0.717, 1.165) is 12.2 Å². The van der Waals surface area contributed by atoms with Gasteiger partial charge in [-0.2, -0.15) is 11.8 Å². The maximum Gasteiger partial charge on any atom is 0.139 e. The Hall–Kier alpha value is -0.420. The lowest BCUT2D eigenvalue weighted by atomic mass is 10.1. The number of anilines is 2. The van der Waals surface area contributed by atoms with E-state index < -0.39 is 0 Å². The van der Waals surface area contributed by atoms with E-state index in [1.54, 1.807) is 6.07 Å². The van der Waals surface area contributed by atoms with Crippen molar-refractivity contribution in [2.24, 2.45) is 0 Å². The molecule has 0 saturated carbocycles. The van der Waals surface area contributed by atoms with E-state index in [-0.39, 0.29) is 5.82 Å². The number of thioether (sulfide) groups is 1. The smallest absolute Gasteiger partial charge is 0.139 e. The molecule has 0 aromatic heterocycles. The van der Waals surface area contributed by atoms with Gasteiger partial charge in [-0.1, -0.05) is 0 Å². The molecule has 0 amide bonds. The minimum absolute atomic E-state index is 0.278. The molecule has 1 aromatic carbocycles. The van der Waals surface area contributed by atoms with E-state index in [1.165, 1.54) is 18.2 Å². The number of nitrogens with one attached hydrogen (secondary N) is 1. The van der Waals surface area contributed by atoms with E-state index >= 15 is 0 Å². The molecule has 1 aliphatic rings. The Morgan fingerprint density at radius 2 is 2.31 bits per heavy atom. The molecule has 1 saturated heterocycles. The van der Waals surface area contributed by atoms with Crippen LogP contribution in [0.15, 0.2) is 16.6 Å². The molecule has 0 aliphatic carbocycles. The summed E-state index contributed by atoms with van der Waals surface area (Å²) in [6, 6.07) is 3.47. The van der Waals surface area contributed by atoms with Gasteiger partial charge in [0.05, 0.1) is 15.8 Å². The minimum Gasteiger partial charge on any atom is -0.397 e. The summed E-state index contributed by atoms with van der Waals surface area (Å²) in [6.45, 7) is 0. The molecule has 1 fully saturated rings. The Bertz CT molecular complexity index is 380. The van der Waals surface area contributed by atoms with Crippen molar-refractivity contribution in [3.63, 3.8) is 0 Å². The van der Waals surface area contributed by atoms with Gasteiger partial charge in [0, 0.05) is 17.9 Å². The standard InChI is InChI=1S/C11H14BrFN2S/c12-8-4-10(14)11(5-9(8)13)15-7-2-1-3-16-6-7/h4-5,7,15H,1-3,6,14H2.